The molecule has 3 nitrogen and oxygen atoms in total. The maximum absolute atomic E-state index is 13.0. The Balaban J connectivity index is 1.94. The molecule has 1 fully saturated rings. The zero-order valence-corrected chi connectivity index (χ0v) is 15.1. The Bertz CT molecular complexity index is 777. The molecular formula is C21H28N2O. The van der Waals surface area contributed by atoms with E-state index < -0.39 is 0 Å². The standard InChI is InChI=1S/C21H28N2O/c1-4-8-15-13-14(2)20(24)23-12-7-10-17-16-9-5-6-11-18(16)22-19(17)21(15,23)3/h5-6,9,11,14-15,22H,4,7-8,10,12-13H2,1-3H3/t14-,15+,21-/m1/s1. The Labute approximate surface area is 144 Å². The van der Waals surface area contributed by atoms with Gasteiger partial charge in [0.2, 0.25) is 5.91 Å². The summed E-state index contributed by atoms with van der Waals surface area (Å²) in [6.07, 6.45) is 5.48. The molecule has 1 N–H and O–H groups in total. The quantitative estimate of drug-likeness (QED) is 0.860. The van der Waals surface area contributed by atoms with Crippen molar-refractivity contribution in [2.45, 2.75) is 58.4 Å². The molecule has 2 aliphatic heterocycles. The summed E-state index contributed by atoms with van der Waals surface area (Å²) < 4.78 is 0. The molecule has 1 aromatic carbocycles. The summed E-state index contributed by atoms with van der Waals surface area (Å²) in [6.45, 7) is 7.58. The van der Waals surface area contributed by atoms with Crippen molar-refractivity contribution >= 4 is 16.8 Å². The van der Waals surface area contributed by atoms with E-state index in [4.69, 9.17) is 0 Å². The number of hydrogen-bond acceptors (Lipinski definition) is 1. The number of hydrogen-bond donors (Lipinski definition) is 1. The van der Waals surface area contributed by atoms with Crippen LogP contribution in [0.15, 0.2) is 24.3 Å². The van der Waals surface area contributed by atoms with E-state index in [0.717, 1.165) is 25.8 Å². The molecule has 128 valence electrons. The van der Waals surface area contributed by atoms with Gasteiger partial charge >= 0.3 is 0 Å². The maximum atomic E-state index is 13.0. The summed E-state index contributed by atoms with van der Waals surface area (Å²) in [7, 11) is 0. The van der Waals surface area contributed by atoms with Crippen LogP contribution in [-0.2, 0) is 16.8 Å². The average Bonchev–Trinajstić information content (AvgIpc) is 2.88. The number of piperidine rings is 1. The monoisotopic (exact) mass is 324 g/mol. The van der Waals surface area contributed by atoms with Gasteiger partial charge < -0.3 is 9.88 Å². The van der Waals surface area contributed by atoms with Crippen molar-refractivity contribution in [1.82, 2.24) is 9.88 Å². The second kappa shape index (κ2) is 5.65. The predicted octanol–water partition coefficient (Wildman–Crippen LogP) is 4.61. The van der Waals surface area contributed by atoms with E-state index in [1.165, 1.54) is 35.0 Å². The van der Waals surface area contributed by atoms with Crippen molar-refractivity contribution < 1.29 is 4.79 Å². The largest absolute Gasteiger partial charge is 0.356 e. The molecule has 1 aromatic heterocycles. The molecule has 0 bridgehead atoms. The van der Waals surface area contributed by atoms with Crippen molar-refractivity contribution in [1.29, 1.82) is 0 Å². The Morgan fingerprint density at radius 1 is 1.33 bits per heavy atom. The minimum Gasteiger partial charge on any atom is -0.356 e. The zero-order valence-electron chi connectivity index (χ0n) is 15.1. The van der Waals surface area contributed by atoms with E-state index in [1.807, 2.05) is 0 Å². The van der Waals surface area contributed by atoms with Crippen LogP contribution >= 0.6 is 0 Å². The van der Waals surface area contributed by atoms with Crippen LogP contribution in [0.5, 0.6) is 0 Å². The highest BCUT2D eigenvalue weighted by Crippen LogP contribution is 2.49. The van der Waals surface area contributed by atoms with Crippen LogP contribution in [0.1, 0.15) is 57.7 Å². The average molecular weight is 324 g/mol. The molecule has 2 aliphatic rings. The molecule has 2 aromatic rings. The van der Waals surface area contributed by atoms with E-state index >= 15 is 0 Å². The van der Waals surface area contributed by atoms with Gasteiger partial charge in [0.1, 0.15) is 0 Å². The lowest BCUT2D eigenvalue weighted by molar-refractivity contribution is -0.152. The lowest BCUT2D eigenvalue weighted by Gasteiger charge is -2.51. The molecule has 24 heavy (non-hydrogen) atoms. The highest BCUT2D eigenvalue weighted by Gasteiger charge is 2.51. The number of carbonyl (C=O) groups excluding carboxylic acids is 1. The smallest absolute Gasteiger partial charge is 0.226 e. The molecule has 0 unspecified atom stereocenters. The van der Waals surface area contributed by atoms with Gasteiger partial charge in [-0.15, -0.1) is 0 Å². The summed E-state index contributed by atoms with van der Waals surface area (Å²) in [5, 5.41) is 1.34. The summed E-state index contributed by atoms with van der Waals surface area (Å²) in [6, 6.07) is 8.61. The van der Waals surface area contributed by atoms with Gasteiger partial charge in [-0.1, -0.05) is 38.5 Å². The molecule has 4 rings (SSSR count). The zero-order chi connectivity index (χ0) is 16.9. The molecule has 1 amide bonds. The van der Waals surface area contributed by atoms with Gasteiger partial charge in [0.05, 0.1) is 5.54 Å². The SMILES string of the molecule is CCC[C@H]1C[C@@H](C)C(=O)N2CCCc3c([nH]c4ccccc34)[C@@]12C. The van der Waals surface area contributed by atoms with Gasteiger partial charge in [0.25, 0.3) is 0 Å². The molecule has 0 spiro atoms. The summed E-state index contributed by atoms with van der Waals surface area (Å²) in [5.41, 5.74) is 3.77. The van der Waals surface area contributed by atoms with Crippen molar-refractivity contribution in [2.24, 2.45) is 11.8 Å². The van der Waals surface area contributed by atoms with E-state index in [2.05, 4.69) is 54.9 Å². The molecule has 3 heterocycles. The number of rotatable bonds is 2. The topological polar surface area (TPSA) is 36.1 Å². The first kappa shape index (κ1) is 15.7. The van der Waals surface area contributed by atoms with Gasteiger partial charge in [-0.25, -0.2) is 0 Å². The number of aromatic nitrogens is 1. The van der Waals surface area contributed by atoms with Gasteiger partial charge in [0.15, 0.2) is 0 Å². The molecule has 3 atom stereocenters. The van der Waals surface area contributed by atoms with Crippen LogP contribution in [-0.4, -0.2) is 22.3 Å². The Hall–Kier alpha value is -1.77. The molecule has 1 saturated heterocycles. The van der Waals surface area contributed by atoms with Crippen LogP contribution in [0.2, 0.25) is 0 Å². The number of amides is 1. The van der Waals surface area contributed by atoms with Gasteiger partial charge in [-0.2, -0.15) is 0 Å². The van der Waals surface area contributed by atoms with Crippen LogP contribution in [0, 0.1) is 11.8 Å². The number of fused-ring (bicyclic) bond motifs is 5. The van der Waals surface area contributed by atoms with Gasteiger partial charge in [-0.05, 0) is 50.2 Å². The minimum atomic E-state index is -0.190. The fourth-order valence-corrected chi connectivity index (χ4v) is 5.21. The summed E-state index contributed by atoms with van der Waals surface area (Å²) >= 11 is 0. The maximum Gasteiger partial charge on any atom is 0.226 e. The van der Waals surface area contributed by atoms with Crippen molar-refractivity contribution in [2.75, 3.05) is 6.54 Å². The lowest BCUT2D eigenvalue weighted by Crippen LogP contribution is -2.58. The highest BCUT2D eigenvalue weighted by atomic mass is 16.2. The Kier molecular flexibility index (Phi) is 3.70. The highest BCUT2D eigenvalue weighted by molar-refractivity contribution is 5.87. The van der Waals surface area contributed by atoms with Gasteiger partial charge in [-0.3, -0.25) is 4.79 Å². The van der Waals surface area contributed by atoms with E-state index in [1.54, 1.807) is 0 Å². The van der Waals surface area contributed by atoms with Crippen LogP contribution in [0.4, 0.5) is 0 Å². The molecular weight excluding hydrogens is 296 g/mol. The number of benzene rings is 1. The number of para-hydroxylation sites is 1. The number of carbonyl (C=O) groups is 1. The summed E-state index contributed by atoms with van der Waals surface area (Å²) in [4.78, 5) is 18.9. The number of aryl methyl sites for hydroxylation is 1. The third kappa shape index (κ3) is 2.06. The summed E-state index contributed by atoms with van der Waals surface area (Å²) in [5.74, 6) is 1.03. The van der Waals surface area contributed by atoms with E-state index in [0.29, 0.717) is 11.8 Å². The second-order valence-electron chi connectivity index (χ2n) is 7.89. The normalized spacial score (nSPS) is 30.1. The molecule has 0 saturated carbocycles. The van der Waals surface area contributed by atoms with Gasteiger partial charge in [0, 0.05) is 29.1 Å². The predicted molar refractivity (Wildman–Crippen MR) is 97.9 cm³/mol. The lowest BCUT2D eigenvalue weighted by atomic mass is 9.70. The van der Waals surface area contributed by atoms with Crippen molar-refractivity contribution in [3.63, 3.8) is 0 Å². The number of aromatic amines is 1. The van der Waals surface area contributed by atoms with Crippen molar-refractivity contribution in [3.05, 3.63) is 35.5 Å². The second-order valence-corrected chi connectivity index (χ2v) is 7.89. The minimum absolute atomic E-state index is 0.153. The van der Waals surface area contributed by atoms with Crippen LogP contribution in [0.3, 0.4) is 0 Å². The number of nitrogens with zero attached hydrogens (tertiary/aromatic N) is 1. The first-order chi connectivity index (χ1) is 11.6. The molecule has 3 heteroatoms. The number of H-pyrrole nitrogens is 1. The molecule has 0 radical (unpaired) electrons. The third-order valence-electron chi connectivity index (χ3n) is 6.45. The fraction of sp³-hybridized carbons (Fsp3) is 0.571. The first-order valence-corrected chi connectivity index (χ1v) is 9.49. The van der Waals surface area contributed by atoms with E-state index in [9.17, 15) is 4.79 Å². The Morgan fingerprint density at radius 2 is 2.12 bits per heavy atom. The number of nitrogens with one attached hydrogen (secondary N) is 1. The third-order valence-corrected chi connectivity index (χ3v) is 6.45. The van der Waals surface area contributed by atoms with E-state index in [-0.39, 0.29) is 11.5 Å². The Morgan fingerprint density at radius 3 is 2.92 bits per heavy atom. The first-order valence-electron chi connectivity index (χ1n) is 9.49. The van der Waals surface area contributed by atoms with Crippen LogP contribution in [0.25, 0.3) is 10.9 Å². The fourth-order valence-electron chi connectivity index (χ4n) is 5.21. The van der Waals surface area contributed by atoms with Crippen LogP contribution < -0.4 is 0 Å². The molecule has 0 aliphatic carbocycles. The van der Waals surface area contributed by atoms with Crippen molar-refractivity contribution in [3.8, 4) is 0 Å².